The Labute approximate surface area is 150 Å². The molecule has 0 amide bonds. The minimum absolute atomic E-state index is 0.0583. The van der Waals surface area contributed by atoms with E-state index in [1.165, 1.54) is 6.07 Å². The van der Waals surface area contributed by atoms with Crippen LogP contribution in [0.15, 0.2) is 37.4 Å². The van der Waals surface area contributed by atoms with Crippen LogP contribution in [0.1, 0.15) is 59.5 Å². The van der Waals surface area contributed by atoms with Crippen LogP contribution >= 0.6 is 0 Å². The van der Waals surface area contributed by atoms with E-state index < -0.39 is 11.9 Å². The van der Waals surface area contributed by atoms with Crippen molar-refractivity contribution in [1.82, 2.24) is 0 Å². The highest BCUT2D eigenvalue weighted by Gasteiger charge is 2.23. The monoisotopic (exact) mass is 350 g/mol. The standard InChI is InChI=1S/C14H18O5.2C3H6/c1-3-9-5-6-11(13(16)17)12(10(9)4-2)14(18)19-8-7-15;2*1-3-2/h5-6,15H,3-4,7-8H2,1-2H3,(H,16,17);2*3H,1H2,2H3. The van der Waals surface area contributed by atoms with E-state index >= 15 is 0 Å². The summed E-state index contributed by atoms with van der Waals surface area (Å²) in [5.74, 6) is -1.85. The van der Waals surface area contributed by atoms with Crippen molar-refractivity contribution >= 4 is 11.9 Å². The van der Waals surface area contributed by atoms with E-state index in [1.54, 1.807) is 18.2 Å². The second-order valence-electron chi connectivity index (χ2n) is 4.81. The Hall–Kier alpha value is -2.40. The van der Waals surface area contributed by atoms with E-state index in [0.717, 1.165) is 5.56 Å². The maximum Gasteiger partial charge on any atom is 0.339 e. The third kappa shape index (κ3) is 8.86. The molecule has 0 unspecified atom stereocenters. The molecule has 0 aromatic heterocycles. The number of hydrogen-bond donors (Lipinski definition) is 2. The molecule has 5 heteroatoms. The summed E-state index contributed by atoms with van der Waals surface area (Å²) in [5, 5.41) is 17.8. The molecule has 0 radical (unpaired) electrons. The Bertz CT molecular complexity index is 555. The van der Waals surface area contributed by atoms with Crippen molar-refractivity contribution in [2.24, 2.45) is 0 Å². The summed E-state index contributed by atoms with van der Waals surface area (Å²) in [4.78, 5) is 23.2. The van der Waals surface area contributed by atoms with Crippen LogP contribution in [0.4, 0.5) is 0 Å². The summed E-state index contributed by atoms with van der Waals surface area (Å²) in [5.41, 5.74) is 1.67. The number of carbonyl (C=O) groups is 2. The number of carbonyl (C=O) groups excluding carboxylic acids is 1. The van der Waals surface area contributed by atoms with E-state index in [0.29, 0.717) is 18.4 Å². The first kappa shape index (κ1) is 24.8. The average Bonchev–Trinajstić information content (AvgIpc) is 2.59. The minimum atomic E-state index is -1.16. The van der Waals surface area contributed by atoms with Crippen LogP contribution in [0.3, 0.4) is 0 Å². The molecule has 1 aromatic rings. The van der Waals surface area contributed by atoms with Gasteiger partial charge in [-0.2, -0.15) is 0 Å². The number of aromatic carboxylic acids is 1. The smallest absolute Gasteiger partial charge is 0.339 e. The van der Waals surface area contributed by atoms with Crippen molar-refractivity contribution in [3.63, 3.8) is 0 Å². The quantitative estimate of drug-likeness (QED) is 0.597. The fraction of sp³-hybridized carbons (Fsp3) is 0.400. The molecule has 0 aliphatic carbocycles. The lowest BCUT2D eigenvalue weighted by Crippen LogP contribution is -2.17. The molecule has 0 aliphatic rings. The van der Waals surface area contributed by atoms with E-state index in [1.807, 2.05) is 27.7 Å². The van der Waals surface area contributed by atoms with Gasteiger partial charge in [-0.25, -0.2) is 9.59 Å². The number of aliphatic hydroxyl groups is 1. The number of carboxylic acid groups (broad SMARTS) is 1. The second kappa shape index (κ2) is 15.1. The second-order valence-corrected chi connectivity index (χ2v) is 4.81. The zero-order valence-corrected chi connectivity index (χ0v) is 15.7. The van der Waals surface area contributed by atoms with Crippen LogP contribution in [0.5, 0.6) is 0 Å². The summed E-state index contributed by atoms with van der Waals surface area (Å²) in [6.07, 6.45) is 4.76. The van der Waals surface area contributed by atoms with E-state index in [2.05, 4.69) is 13.2 Å². The first-order valence-electron chi connectivity index (χ1n) is 8.19. The van der Waals surface area contributed by atoms with Crippen LogP contribution in [0.25, 0.3) is 0 Å². The van der Waals surface area contributed by atoms with Crippen LogP contribution in [0, 0.1) is 0 Å². The Kier molecular flexibility index (Phi) is 15.1. The molecule has 0 atom stereocenters. The number of rotatable bonds is 6. The third-order valence-corrected chi connectivity index (χ3v) is 2.90. The van der Waals surface area contributed by atoms with Gasteiger partial charge in [0.2, 0.25) is 0 Å². The molecule has 1 rings (SSSR count). The van der Waals surface area contributed by atoms with Crippen LogP contribution in [-0.4, -0.2) is 35.4 Å². The minimum Gasteiger partial charge on any atom is -0.478 e. The van der Waals surface area contributed by atoms with Gasteiger partial charge in [-0.3, -0.25) is 0 Å². The molecule has 1 aromatic carbocycles. The lowest BCUT2D eigenvalue weighted by molar-refractivity contribution is 0.0425. The maximum absolute atomic E-state index is 12.0. The van der Waals surface area contributed by atoms with Gasteiger partial charge in [0.25, 0.3) is 0 Å². The zero-order chi connectivity index (χ0) is 19.8. The normalized spacial score (nSPS) is 8.84. The van der Waals surface area contributed by atoms with Crippen molar-refractivity contribution in [2.45, 2.75) is 40.5 Å². The molecule has 0 saturated heterocycles. The van der Waals surface area contributed by atoms with Crippen molar-refractivity contribution in [3.05, 3.63) is 59.7 Å². The van der Waals surface area contributed by atoms with Crippen LogP contribution in [0.2, 0.25) is 0 Å². The third-order valence-electron chi connectivity index (χ3n) is 2.90. The molecule has 5 nitrogen and oxygen atoms in total. The largest absolute Gasteiger partial charge is 0.478 e. The van der Waals surface area contributed by atoms with Gasteiger partial charge >= 0.3 is 11.9 Å². The lowest BCUT2D eigenvalue weighted by Gasteiger charge is -2.14. The highest BCUT2D eigenvalue weighted by Crippen LogP contribution is 2.22. The van der Waals surface area contributed by atoms with Crippen molar-refractivity contribution in [1.29, 1.82) is 0 Å². The molecule has 0 fully saturated rings. The molecule has 0 aliphatic heterocycles. The van der Waals surface area contributed by atoms with Crippen LogP contribution in [-0.2, 0) is 17.6 Å². The number of aliphatic hydroxyl groups excluding tert-OH is 1. The average molecular weight is 350 g/mol. The number of aryl methyl sites for hydroxylation is 1. The number of esters is 1. The number of hydrogen-bond acceptors (Lipinski definition) is 4. The Morgan fingerprint density at radius 2 is 1.64 bits per heavy atom. The Balaban J connectivity index is 0. The number of ether oxygens (including phenoxy) is 1. The first-order chi connectivity index (χ1) is 11.9. The highest BCUT2D eigenvalue weighted by atomic mass is 16.5. The molecule has 25 heavy (non-hydrogen) atoms. The summed E-state index contributed by atoms with van der Waals surface area (Å²) in [6.45, 7) is 13.9. The van der Waals surface area contributed by atoms with Gasteiger partial charge < -0.3 is 14.9 Å². The number of benzene rings is 1. The van der Waals surface area contributed by atoms with E-state index in [4.69, 9.17) is 14.9 Å². The number of allylic oxidation sites excluding steroid dienone is 2. The summed E-state index contributed by atoms with van der Waals surface area (Å²) in [7, 11) is 0. The SMILES string of the molecule is C=CC.C=CC.CCc1ccc(C(=O)O)c(C(=O)OCCO)c1CC. The molecule has 0 heterocycles. The molecule has 0 spiro atoms. The lowest BCUT2D eigenvalue weighted by atomic mass is 9.93. The molecular weight excluding hydrogens is 320 g/mol. The number of carboxylic acids is 1. The molecule has 140 valence electrons. The molecule has 0 bridgehead atoms. The Morgan fingerprint density at radius 1 is 1.12 bits per heavy atom. The van der Waals surface area contributed by atoms with Crippen molar-refractivity contribution in [3.8, 4) is 0 Å². The van der Waals surface area contributed by atoms with Gasteiger partial charge in [-0.1, -0.05) is 32.1 Å². The van der Waals surface area contributed by atoms with Crippen molar-refractivity contribution < 1.29 is 24.5 Å². The molecule has 0 saturated carbocycles. The van der Waals surface area contributed by atoms with Crippen LogP contribution < -0.4 is 0 Å². The van der Waals surface area contributed by atoms with E-state index in [-0.39, 0.29) is 24.3 Å². The first-order valence-corrected chi connectivity index (χ1v) is 8.19. The fourth-order valence-electron chi connectivity index (χ4n) is 2.05. The van der Waals surface area contributed by atoms with Gasteiger partial charge in [0, 0.05) is 0 Å². The predicted octanol–water partition coefficient (Wildman–Crippen LogP) is 4.04. The molecular formula is C20H30O5. The van der Waals surface area contributed by atoms with Gasteiger partial charge in [0.05, 0.1) is 17.7 Å². The maximum atomic E-state index is 12.0. The Morgan fingerprint density at radius 3 is 2.00 bits per heavy atom. The zero-order valence-electron chi connectivity index (χ0n) is 15.7. The van der Waals surface area contributed by atoms with E-state index in [9.17, 15) is 9.59 Å². The van der Waals surface area contributed by atoms with Gasteiger partial charge in [-0.05, 0) is 43.9 Å². The summed E-state index contributed by atoms with van der Waals surface area (Å²) < 4.78 is 4.86. The van der Waals surface area contributed by atoms with Gasteiger partial charge in [0.1, 0.15) is 6.61 Å². The summed E-state index contributed by atoms with van der Waals surface area (Å²) in [6, 6.07) is 3.15. The highest BCUT2D eigenvalue weighted by molar-refractivity contribution is 6.03. The van der Waals surface area contributed by atoms with Gasteiger partial charge in [-0.15, -0.1) is 13.2 Å². The predicted molar refractivity (Wildman–Crippen MR) is 101 cm³/mol. The fourth-order valence-corrected chi connectivity index (χ4v) is 2.05. The van der Waals surface area contributed by atoms with Gasteiger partial charge in [0.15, 0.2) is 0 Å². The van der Waals surface area contributed by atoms with Crippen molar-refractivity contribution in [2.75, 3.05) is 13.2 Å². The molecule has 2 N–H and O–H groups in total. The summed E-state index contributed by atoms with van der Waals surface area (Å²) >= 11 is 0. The topological polar surface area (TPSA) is 83.8 Å².